The summed E-state index contributed by atoms with van der Waals surface area (Å²) < 4.78 is 1.96. The van der Waals surface area contributed by atoms with Crippen molar-refractivity contribution in [1.82, 2.24) is 0 Å². The van der Waals surface area contributed by atoms with Crippen molar-refractivity contribution in [2.45, 2.75) is 0 Å². The number of hydrogen-bond donors (Lipinski definition) is 0. The van der Waals surface area contributed by atoms with Gasteiger partial charge in [0.2, 0.25) is 0 Å². The van der Waals surface area contributed by atoms with Crippen molar-refractivity contribution in [3.63, 3.8) is 0 Å². The van der Waals surface area contributed by atoms with Crippen LogP contribution in [0.15, 0.2) is 28.7 Å². The van der Waals surface area contributed by atoms with Gasteiger partial charge in [0.05, 0.1) is 4.43 Å². The zero-order valence-electron chi connectivity index (χ0n) is 5.77. The molecule has 0 bridgehead atoms. The third kappa shape index (κ3) is 3.26. The number of rotatable bonds is 0. The average Bonchev–Trinajstić information content (AvgIpc) is 2.01. The zero-order chi connectivity index (χ0) is 8.10. The molecule has 0 radical (unpaired) electrons. The fraction of sp³-hybridized carbons (Fsp3) is 0.111. The molecule has 1 aromatic rings. The van der Waals surface area contributed by atoms with Gasteiger partial charge < -0.3 is 0 Å². The van der Waals surface area contributed by atoms with Crippen molar-refractivity contribution >= 4 is 38.5 Å². The van der Waals surface area contributed by atoms with E-state index in [1.165, 1.54) is 0 Å². The molecular formula is C9H6BrI. The molecule has 0 fully saturated rings. The van der Waals surface area contributed by atoms with Gasteiger partial charge in [-0.15, -0.1) is 0 Å². The Morgan fingerprint density at radius 3 is 2.91 bits per heavy atom. The summed E-state index contributed by atoms with van der Waals surface area (Å²) in [5.74, 6) is 6.06. The van der Waals surface area contributed by atoms with Gasteiger partial charge in [0.25, 0.3) is 0 Å². The fourth-order valence-electron chi connectivity index (χ4n) is 0.702. The van der Waals surface area contributed by atoms with Crippen LogP contribution in [0.3, 0.4) is 0 Å². The molecule has 11 heavy (non-hydrogen) atoms. The molecule has 0 unspecified atom stereocenters. The van der Waals surface area contributed by atoms with Gasteiger partial charge >= 0.3 is 0 Å². The minimum Gasteiger partial charge on any atom is -0.0872 e. The van der Waals surface area contributed by atoms with E-state index in [-0.39, 0.29) is 0 Å². The Labute approximate surface area is 88.7 Å². The molecule has 2 heteroatoms. The fourth-order valence-corrected chi connectivity index (χ4v) is 1.29. The summed E-state index contributed by atoms with van der Waals surface area (Å²) in [6, 6.07) is 8.00. The van der Waals surface area contributed by atoms with Crippen LogP contribution in [0.1, 0.15) is 5.56 Å². The molecule has 0 heterocycles. The predicted molar refractivity (Wildman–Crippen MR) is 59.9 cm³/mol. The summed E-state index contributed by atoms with van der Waals surface area (Å²) in [5, 5.41) is 0. The van der Waals surface area contributed by atoms with E-state index in [1.54, 1.807) is 0 Å². The van der Waals surface area contributed by atoms with Gasteiger partial charge in [-0.3, -0.25) is 0 Å². The largest absolute Gasteiger partial charge is 0.0872 e. The second-order valence-electron chi connectivity index (χ2n) is 1.95. The Kier molecular flexibility index (Phi) is 3.95. The number of halogens is 2. The molecule has 0 spiro atoms. The Balaban J connectivity index is 2.87. The summed E-state index contributed by atoms with van der Waals surface area (Å²) >= 11 is 5.62. The van der Waals surface area contributed by atoms with Gasteiger partial charge in [-0.1, -0.05) is 56.4 Å². The molecule has 0 aliphatic carbocycles. The highest BCUT2D eigenvalue weighted by molar-refractivity contribution is 14.1. The maximum absolute atomic E-state index is 3.38. The zero-order valence-corrected chi connectivity index (χ0v) is 9.52. The minimum atomic E-state index is 0.879. The summed E-state index contributed by atoms with van der Waals surface area (Å²) in [6.45, 7) is 0. The highest BCUT2D eigenvalue weighted by Gasteiger charge is 1.86. The normalized spacial score (nSPS) is 8.55. The number of alkyl halides is 1. The van der Waals surface area contributed by atoms with Crippen molar-refractivity contribution in [3.05, 3.63) is 34.3 Å². The minimum absolute atomic E-state index is 0.879. The SMILES string of the molecule is Brc1cccc(C#CCI)c1. The Morgan fingerprint density at radius 1 is 1.45 bits per heavy atom. The number of benzene rings is 1. The van der Waals surface area contributed by atoms with Gasteiger partial charge in [-0.2, -0.15) is 0 Å². The standard InChI is InChI=1S/C9H6BrI/c10-9-5-1-3-8(7-9)4-2-6-11/h1,3,5,7H,6H2. The topological polar surface area (TPSA) is 0 Å². The summed E-state index contributed by atoms with van der Waals surface area (Å²) in [4.78, 5) is 0. The van der Waals surface area contributed by atoms with Crippen LogP contribution in [0, 0.1) is 11.8 Å². The van der Waals surface area contributed by atoms with E-state index in [9.17, 15) is 0 Å². The Bertz CT molecular complexity index is 296. The van der Waals surface area contributed by atoms with Crippen LogP contribution in [0.2, 0.25) is 0 Å². The summed E-state index contributed by atoms with van der Waals surface area (Å²) in [6.07, 6.45) is 0. The first-order valence-electron chi connectivity index (χ1n) is 3.13. The lowest BCUT2D eigenvalue weighted by Crippen LogP contribution is -1.72. The van der Waals surface area contributed by atoms with Gasteiger partial charge in [-0.25, -0.2) is 0 Å². The van der Waals surface area contributed by atoms with E-state index in [4.69, 9.17) is 0 Å². The Hall–Kier alpha value is -0.0100. The van der Waals surface area contributed by atoms with Crippen LogP contribution in [-0.4, -0.2) is 4.43 Å². The Morgan fingerprint density at radius 2 is 2.27 bits per heavy atom. The van der Waals surface area contributed by atoms with E-state index < -0.39 is 0 Å². The average molecular weight is 321 g/mol. The first-order valence-corrected chi connectivity index (χ1v) is 5.45. The molecule has 0 atom stereocenters. The van der Waals surface area contributed by atoms with Gasteiger partial charge in [-0.05, 0) is 18.2 Å². The summed E-state index contributed by atoms with van der Waals surface area (Å²) in [7, 11) is 0. The lowest BCUT2D eigenvalue weighted by Gasteiger charge is -1.89. The van der Waals surface area contributed by atoms with Crippen LogP contribution in [-0.2, 0) is 0 Å². The van der Waals surface area contributed by atoms with Gasteiger partial charge in [0.1, 0.15) is 0 Å². The molecule has 0 aromatic heterocycles. The summed E-state index contributed by atoms with van der Waals surface area (Å²) in [5.41, 5.74) is 1.07. The van der Waals surface area contributed by atoms with Crippen LogP contribution >= 0.6 is 38.5 Å². The molecule has 1 rings (SSSR count). The molecule has 0 aliphatic rings. The third-order valence-corrected chi connectivity index (χ3v) is 2.00. The van der Waals surface area contributed by atoms with Crippen LogP contribution < -0.4 is 0 Å². The lowest BCUT2D eigenvalue weighted by molar-refractivity contribution is 1.60. The monoisotopic (exact) mass is 320 g/mol. The number of hydrogen-bond acceptors (Lipinski definition) is 0. The molecule has 0 N–H and O–H groups in total. The van der Waals surface area contributed by atoms with E-state index >= 15 is 0 Å². The molecular weight excluding hydrogens is 315 g/mol. The van der Waals surface area contributed by atoms with Crippen LogP contribution in [0.4, 0.5) is 0 Å². The lowest BCUT2D eigenvalue weighted by atomic mass is 10.2. The second-order valence-corrected chi connectivity index (χ2v) is 3.62. The van der Waals surface area contributed by atoms with E-state index in [2.05, 4.69) is 50.4 Å². The predicted octanol–water partition coefficient (Wildman–Crippen LogP) is 3.24. The molecule has 0 nitrogen and oxygen atoms in total. The van der Waals surface area contributed by atoms with Crippen molar-refractivity contribution < 1.29 is 0 Å². The van der Waals surface area contributed by atoms with Crippen molar-refractivity contribution in [1.29, 1.82) is 0 Å². The maximum atomic E-state index is 3.38. The van der Waals surface area contributed by atoms with Gasteiger partial charge in [0.15, 0.2) is 0 Å². The van der Waals surface area contributed by atoms with Crippen LogP contribution in [0.25, 0.3) is 0 Å². The smallest absolute Gasteiger partial charge is 0.0613 e. The van der Waals surface area contributed by atoms with Crippen molar-refractivity contribution in [2.24, 2.45) is 0 Å². The van der Waals surface area contributed by atoms with Crippen molar-refractivity contribution in [3.8, 4) is 11.8 Å². The first-order chi connectivity index (χ1) is 5.33. The van der Waals surface area contributed by atoms with Crippen molar-refractivity contribution in [2.75, 3.05) is 4.43 Å². The van der Waals surface area contributed by atoms with Gasteiger partial charge in [0, 0.05) is 10.0 Å². The van der Waals surface area contributed by atoms with E-state index in [1.807, 2.05) is 24.3 Å². The third-order valence-electron chi connectivity index (χ3n) is 1.12. The van der Waals surface area contributed by atoms with E-state index in [0.717, 1.165) is 14.5 Å². The van der Waals surface area contributed by atoms with Crippen LogP contribution in [0.5, 0.6) is 0 Å². The van der Waals surface area contributed by atoms with E-state index in [0.29, 0.717) is 0 Å². The molecule has 56 valence electrons. The second kappa shape index (κ2) is 4.78. The maximum Gasteiger partial charge on any atom is 0.0613 e. The first kappa shape index (κ1) is 9.08. The highest BCUT2D eigenvalue weighted by Crippen LogP contribution is 2.10. The quantitative estimate of drug-likeness (QED) is 0.391. The molecule has 0 saturated heterocycles. The molecule has 0 amide bonds. The molecule has 0 saturated carbocycles. The molecule has 1 aromatic carbocycles. The highest BCUT2D eigenvalue weighted by atomic mass is 127. The molecule has 0 aliphatic heterocycles.